The molecular formula is C12H22N4. The SMILES string of the molecule is CCCn1ccnc1CC(NN)C1CCC1. The molecule has 90 valence electrons. The summed E-state index contributed by atoms with van der Waals surface area (Å²) in [7, 11) is 0. The van der Waals surface area contributed by atoms with Crippen LogP contribution in [0.4, 0.5) is 0 Å². The third-order valence-corrected chi connectivity index (χ3v) is 3.60. The molecule has 0 radical (unpaired) electrons. The Kier molecular flexibility index (Phi) is 3.96. The molecule has 2 rings (SSSR count). The van der Waals surface area contributed by atoms with Crippen molar-refractivity contribution in [1.82, 2.24) is 15.0 Å². The summed E-state index contributed by atoms with van der Waals surface area (Å²) < 4.78 is 2.24. The number of imidazole rings is 1. The molecule has 1 aromatic rings. The van der Waals surface area contributed by atoms with Gasteiger partial charge in [-0.2, -0.15) is 0 Å². The highest BCUT2D eigenvalue weighted by Gasteiger charge is 2.27. The van der Waals surface area contributed by atoms with Gasteiger partial charge in [-0.25, -0.2) is 4.98 Å². The van der Waals surface area contributed by atoms with Crippen molar-refractivity contribution >= 4 is 0 Å². The summed E-state index contributed by atoms with van der Waals surface area (Å²) in [4.78, 5) is 4.43. The van der Waals surface area contributed by atoms with Crippen LogP contribution in [-0.4, -0.2) is 15.6 Å². The third-order valence-electron chi connectivity index (χ3n) is 3.60. The van der Waals surface area contributed by atoms with E-state index in [4.69, 9.17) is 5.84 Å². The zero-order valence-corrected chi connectivity index (χ0v) is 10.0. The number of nitrogens with zero attached hydrogens (tertiary/aromatic N) is 2. The molecule has 0 spiro atoms. The molecule has 1 aliphatic rings. The molecule has 0 aromatic carbocycles. The monoisotopic (exact) mass is 222 g/mol. The zero-order chi connectivity index (χ0) is 11.4. The molecule has 1 saturated carbocycles. The van der Waals surface area contributed by atoms with Crippen LogP contribution in [0.2, 0.25) is 0 Å². The van der Waals surface area contributed by atoms with Gasteiger partial charge in [-0.05, 0) is 25.2 Å². The molecule has 4 nitrogen and oxygen atoms in total. The van der Waals surface area contributed by atoms with Crippen molar-refractivity contribution in [3.8, 4) is 0 Å². The van der Waals surface area contributed by atoms with Crippen LogP contribution in [0, 0.1) is 5.92 Å². The number of aryl methyl sites for hydroxylation is 1. The Bertz CT molecular complexity index is 317. The summed E-state index contributed by atoms with van der Waals surface area (Å²) in [6.45, 7) is 3.24. The molecule has 0 aliphatic heterocycles. The van der Waals surface area contributed by atoms with Gasteiger partial charge in [0, 0.05) is 31.4 Å². The summed E-state index contributed by atoms with van der Waals surface area (Å²) in [5, 5.41) is 0. The first-order chi connectivity index (χ1) is 7.85. The first kappa shape index (κ1) is 11.6. The van der Waals surface area contributed by atoms with E-state index in [1.165, 1.54) is 19.3 Å². The van der Waals surface area contributed by atoms with E-state index in [2.05, 4.69) is 28.1 Å². The van der Waals surface area contributed by atoms with Crippen LogP contribution in [0.5, 0.6) is 0 Å². The number of nitrogens with two attached hydrogens (primary N) is 1. The number of rotatable bonds is 6. The van der Waals surface area contributed by atoms with Crippen molar-refractivity contribution in [1.29, 1.82) is 0 Å². The van der Waals surface area contributed by atoms with Gasteiger partial charge in [0.15, 0.2) is 0 Å². The fourth-order valence-electron chi connectivity index (χ4n) is 2.38. The highest BCUT2D eigenvalue weighted by molar-refractivity contribution is 4.97. The summed E-state index contributed by atoms with van der Waals surface area (Å²) in [5.41, 5.74) is 2.96. The van der Waals surface area contributed by atoms with Crippen LogP contribution < -0.4 is 11.3 Å². The van der Waals surface area contributed by atoms with Crippen molar-refractivity contribution in [2.75, 3.05) is 0 Å². The van der Waals surface area contributed by atoms with Crippen molar-refractivity contribution < 1.29 is 0 Å². The van der Waals surface area contributed by atoms with Gasteiger partial charge in [-0.1, -0.05) is 13.3 Å². The number of hydrogen-bond acceptors (Lipinski definition) is 3. The van der Waals surface area contributed by atoms with E-state index in [1.54, 1.807) is 0 Å². The van der Waals surface area contributed by atoms with Crippen LogP contribution in [-0.2, 0) is 13.0 Å². The van der Waals surface area contributed by atoms with Gasteiger partial charge in [0.05, 0.1) is 0 Å². The maximum absolute atomic E-state index is 5.64. The lowest BCUT2D eigenvalue weighted by molar-refractivity contribution is 0.225. The molecule has 1 fully saturated rings. The minimum Gasteiger partial charge on any atom is -0.335 e. The van der Waals surface area contributed by atoms with Gasteiger partial charge >= 0.3 is 0 Å². The molecule has 1 aromatic heterocycles. The molecule has 1 atom stereocenters. The predicted molar refractivity (Wildman–Crippen MR) is 64.7 cm³/mol. The molecule has 0 bridgehead atoms. The standard InChI is InChI=1S/C12H22N4/c1-2-7-16-8-6-14-12(16)9-11(15-13)10-4-3-5-10/h6,8,10-11,15H,2-5,7,9,13H2,1H3. The van der Waals surface area contributed by atoms with Gasteiger partial charge in [0.1, 0.15) is 5.82 Å². The Balaban J connectivity index is 1.97. The molecule has 1 unspecified atom stereocenters. The first-order valence-electron chi connectivity index (χ1n) is 6.31. The quantitative estimate of drug-likeness (QED) is 0.566. The van der Waals surface area contributed by atoms with Crippen LogP contribution in [0.1, 0.15) is 38.4 Å². The Morgan fingerprint density at radius 2 is 2.44 bits per heavy atom. The van der Waals surface area contributed by atoms with Gasteiger partial charge in [0.2, 0.25) is 0 Å². The highest BCUT2D eigenvalue weighted by atomic mass is 15.2. The molecule has 0 saturated heterocycles. The van der Waals surface area contributed by atoms with Gasteiger partial charge in [-0.15, -0.1) is 0 Å². The van der Waals surface area contributed by atoms with Crippen molar-refractivity contribution in [2.45, 2.75) is 51.6 Å². The largest absolute Gasteiger partial charge is 0.335 e. The number of hydrogen-bond donors (Lipinski definition) is 2. The summed E-state index contributed by atoms with van der Waals surface area (Å²) in [6, 6.07) is 0.395. The van der Waals surface area contributed by atoms with Gasteiger partial charge in [0.25, 0.3) is 0 Å². The predicted octanol–water partition coefficient (Wildman–Crippen LogP) is 1.47. The minimum absolute atomic E-state index is 0.395. The summed E-state index contributed by atoms with van der Waals surface area (Å²) >= 11 is 0. The summed E-state index contributed by atoms with van der Waals surface area (Å²) in [5.74, 6) is 7.55. The lowest BCUT2D eigenvalue weighted by Gasteiger charge is -2.33. The van der Waals surface area contributed by atoms with E-state index in [0.717, 1.165) is 31.1 Å². The van der Waals surface area contributed by atoms with Crippen LogP contribution >= 0.6 is 0 Å². The van der Waals surface area contributed by atoms with E-state index < -0.39 is 0 Å². The Morgan fingerprint density at radius 1 is 1.62 bits per heavy atom. The van der Waals surface area contributed by atoms with Crippen LogP contribution in [0.25, 0.3) is 0 Å². The summed E-state index contributed by atoms with van der Waals surface area (Å²) in [6.07, 6.45) is 10.0. The topological polar surface area (TPSA) is 55.9 Å². The lowest BCUT2D eigenvalue weighted by atomic mass is 9.79. The fourth-order valence-corrected chi connectivity index (χ4v) is 2.38. The first-order valence-corrected chi connectivity index (χ1v) is 6.31. The normalized spacial score (nSPS) is 18.4. The third kappa shape index (κ3) is 2.44. The van der Waals surface area contributed by atoms with Crippen molar-refractivity contribution in [2.24, 2.45) is 11.8 Å². The Hall–Kier alpha value is -0.870. The fraction of sp³-hybridized carbons (Fsp3) is 0.750. The maximum atomic E-state index is 5.64. The van der Waals surface area contributed by atoms with Gasteiger partial charge < -0.3 is 4.57 Å². The minimum atomic E-state index is 0.395. The Labute approximate surface area is 97.2 Å². The molecule has 16 heavy (non-hydrogen) atoms. The molecule has 3 N–H and O–H groups in total. The van der Waals surface area contributed by atoms with Crippen molar-refractivity contribution in [3.05, 3.63) is 18.2 Å². The second-order valence-electron chi connectivity index (χ2n) is 4.71. The van der Waals surface area contributed by atoms with Gasteiger partial charge in [-0.3, -0.25) is 11.3 Å². The molecule has 4 heteroatoms. The molecule has 0 amide bonds. The highest BCUT2D eigenvalue weighted by Crippen LogP contribution is 2.30. The zero-order valence-electron chi connectivity index (χ0n) is 10.0. The lowest BCUT2D eigenvalue weighted by Crippen LogP contribution is -2.45. The van der Waals surface area contributed by atoms with E-state index in [0.29, 0.717) is 6.04 Å². The maximum Gasteiger partial charge on any atom is 0.110 e. The average Bonchev–Trinajstić information content (AvgIpc) is 2.63. The number of hydrazine groups is 1. The second-order valence-corrected chi connectivity index (χ2v) is 4.71. The molecule has 1 heterocycles. The number of aromatic nitrogens is 2. The van der Waals surface area contributed by atoms with Crippen molar-refractivity contribution in [3.63, 3.8) is 0 Å². The van der Waals surface area contributed by atoms with Crippen LogP contribution in [0.15, 0.2) is 12.4 Å². The van der Waals surface area contributed by atoms with Crippen LogP contribution in [0.3, 0.4) is 0 Å². The van der Waals surface area contributed by atoms with E-state index in [-0.39, 0.29) is 0 Å². The van der Waals surface area contributed by atoms with E-state index in [1.807, 2.05) is 6.20 Å². The van der Waals surface area contributed by atoms with E-state index in [9.17, 15) is 0 Å². The molecule has 1 aliphatic carbocycles. The van der Waals surface area contributed by atoms with E-state index >= 15 is 0 Å². The average molecular weight is 222 g/mol. The second kappa shape index (κ2) is 5.46. The smallest absolute Gasteiger partial charge is 0.110 e. The molecular weight excluding hydrogens is 200 g/mol. The Morgan fingerprint density at radius 3 is 3.00 bits per heavy atom. The number of nitrogens with one attached hydrogen (secondary N) is 1.